The number of unbranched alkanes of at least 4 members (excludes halogenated alkanes) is 6. The third-order valence-electron chi connectivity index (χ3n) is 7.35. The number of nitrogens with zero attached hydrogens (tertiary/aromatic N) is 2. The van der Waals surface area contributed by atoms with Gasteiger partial charge in [0, 0.05) is 38.8 Å². The highest BCUT2D eigenvalue weighted by molar-refractivity contribution is 6.63. The molecule has 0 spiro atoms. The molecule has 2 rings (SSSR count). The molecule has 0 radical (unpaired) electrons. The number of amides is 3. The number of halogens is 1. The molecule has 0 aliphatic carbocycles. The van der Waals surface area contributed by atoms with Gasteiger partial charge >= 0.3 is 0 Å². The predicted octanol–water partition coefficient (Wildman–Crippen LogP) is 5.48. The Kier molecular flexibility index (Phi) is 22.0. The molecule has 236 valence electrons. The molecule has 0 aromatic rings. The number of Topliss-reactive ketones (excluding diaryl/α,β-unsaturated/α-hetero) is 2. The SMILES string of the molecule is CCCCCCC(=O)CC(=O)[C@H](CC)N1CCCC1=O.CCCCCCC(=O)Cl.CC[C@@H](C(N)=O)N1CCCC1=O. The summed E-state index contributed by atoms with van der Waals surface area (Å²) in [6.45, 7) is 9.38. The molecule has 2 aliphatic rings. The lowest BCUT2D eigenvalue weighted by atomic mass is 10.0. The maximum absolute atomic E-state index is 12.2. The van der Waals surface area contributed by atoms with E-state index in [2.05, 4.69) is 13.8 Å². The van der Waals surface area contributed by atoms with Crippen molar-refractivity contribution in [2.45, 2.75) is 149 Å². The lowest BCUT2D eigenvalue weighted by Crippen LogP contribution is -2.44. The molecular weight excluding hydrogens is 546 g/mol. The van der Waals surface area contributed by atoms with Gasteiger partial charge < -0.3 is 15.5 Å². The van der Waals surface area contributed by atoms with Gasteiger partial charge in [-0.15, -0.1) is 0 Å². The fourth-order valence-corrected chi connectivity index (χ4v) is 5.17. The molecule has 9 nitrogen and oxygen atoms in total. The van der Waals surface area contributed by atoms with Crippen molar-refractivity contribution in [2.75, 3.05) is 13.1 Å². The van der Waals surface area contributed by atoms with Crippen molar-refractivity contribution in [1.29, 1.82) is 0 Å². The van der Waals surface area contributed by atoms with Crippen LogP contribution in [0.4, 0.5) is 0 Å². The number of nitrogens with two attached hydrogens (primary N) is 1. The van der Waals surface area contributed by atoms with Gasteiger partial charge in [0.25, 0.3) is 0 Å². The lowest BCUT2D eigenvalue weighted by molar-refractivity contribution is -0.138. The first-order chi connectivity index (χ1) is 19.5. The molecule has 41 heavy (non-hydrogen) atoms. The number of rotatable bonds is 18. The van der Waals surface area contributed by atoms with Gasteiger partial charge in [0.15, 0.2) is 5.78 Å². The molecule has 2 atom stereocenters. The Labute approximate surface area is 252 Å². The molecule has 3 amide bonds. The number of hydrogen-bond acceptors (Lipinski definition) is 6. The standard InChI is InChI=1S/C16H27NO3.C8H14N2O2.C7H13ClO/c1-3-5-6-7-9-13(18)12-15(19)14(4-2)17-11-8-10-16(17)20;1-2-6(8(9)12)10-5-3-4-7(10)11;1-2-3-4-5-6-7(8)9/h14H,3-12H2,1-2H3;6H,2-5H2,1H3,(H2,9,12);2-6H2,1H3/t14-;6-;/m00./s1. The summed E-state index contributed by atoms with van der Waals surface area (Å²) in [4.78, 5) is 71.2. The van der Waals surface area contributed by atoms with Crippen molar-refractivity contribution in [3.05, 3.63) is 0 Å². The van der Waals surface area contributed by atoms with Crippen molar-refractivity contribution < 1.29 is 28.8 Å². The van der Waals surface area contributed by atoms with Gasteiger partial charge in [-0.3, -0.25) is 28.8 Å². The Balaban J connectivity index is 0.000000646. The second-order valence-electron chi connectivity index (χ2n) is 10.8. The van der Waals surface area contributed by atoms with Crippen molar-refractivity contribution in [1.82, 2.24) is 9.80 Å². The monoisotopic (exact) mass is 599 g/mol. The van der Waals surface area contributed by atoms with Crippen molar-refractivity contribution in [3.8, 4) is 0 Å². The van der Waals surface area contributed by atoms with Gasteiger partial charge in [-0.2, -0.15) is 0 Å². The minimum atomic E-state index is -0.396. The normalized spacial score (nSPS) is 15.9. The van der Waals surface area contributed by atoms with Gasteiger partial charge in [0.1, 0.15) is 11.8 Å². The molecule has 0 aromatic carbocycles. The Hall–Kier alpha value is -2.29. The second kappa shape index (κ2) is 23.3. The fourth-order valence-electron chi connectivity index (χ4n) is 5.03. The molecule has 0 aromatic heterocycles. The summed E-state index contributed by atoms with van der Waals surface area (Å²) < 4.78 is 0. The Morgan fingerprint density at radius 3 is 1.56 bits per heavy atom. The zero-order valence-corrected chi connectivity index (χ0v) is 26.6. The zero-order chi connectivity index (χ0) is 31.2. The average molecular weight is 600 g/mol. The first-order valence-electron chi connectivity index (χ1n) is 15.6. The summed E-state index contributed by atoms with van der Waals surface area (Å²) in [5, 5.41) is -0.203. The number of carbonyl (C=O) groups excluding carboxylic acids is 6. The van der Waals surface area contributed by atoms with Crippen molar-refractivity contribution >= 4 is 46.1 Å². The molecule has 0 saturated carbocycles. The molecule has 2 N–H and O–H groups in total. The molecule has 0 unspecified atom stereocenters. The fraction of sp³-hybridized carbons (Fsp3) is 0.806. The van der Waals surface area contributed by atoms with E-state index in [1.165, 1.54) is 12.8 Å². The summed E-state index contributed by atoms with van der Waals surface area (Å²) in [6.07, 6.45) is 13.7. The summed E-state index contributed by atoms with van der Waals surface area (Å²) in [5.74, 6) is -0.339. The zero-order valence-electron chi connectivity index (χ0n) is 25.9. The Morgan fingerprint density at radius 2 is 1.20 bits per heavy atom. The summed E-state index contributed by atoms with van der Waals surface area (Å²) in [5.41, 5.74) is 5.16. The van der Waals surface area contributed by atoms with E-state index in [1.807, 2.05) is 13.8 Å². The van der Waals surface area contributed by atoms with Crippen LogP contribution in [-0.4, -0.2) is 69.5 Å². The predicted molar refractivity (Wildman–Crippen MR) is 162 cm³/mol. The average Bonchev–Trinajstić information content (AvgIpc) is 3.54. The number of hydrogen-bond donors (Lipinski definition) is 1. The van der Waals surface area contributed by atoms with Crippen LogP contribution in [0, 0.1) is 0 Å². The van der Waals surface area contributed by atoms with E-state index in [0.717, 1.165) is 51.4 Å². The third-order valence-corrected chi connectivity index (χ3v) is 7.54. The van der Waals surface area contributed by atoms with Crippen molar-refractivity contribution in [3.63, 3.8) is 0 Å². The van der Waals surface area contributed by atoms with Crippen LogP contribution < -0.4 is 5.73 Å². The van der Waals surface area contributed by atoms with Crippen molar-refractivity contribution in [2.24, 2.45) is 5.73 Å². The quantitative estimate of drug-likeness (QED) is 0.126. The van der Waals surface area contributed by atoms with Crippen LogP contribution in [-0.2, 0) is 28.8 Å². The van der Waals surface area contributed by atoms with Gasteiger partial charge in [-0.05, 0) is 50.1 Å². The highest BCUT2D eigenvalue weighted by atomic mass is 35.5. The van der Waals surface area contributed by atoms with Gasteiger partial charge in [0.2, 0.25) is 23.0 Å². The largest absolute Gasteiger partial charge is 0.368 e. The van der Waals surface area contributed by atoms with Crippen LogP contribution in [0.2, 0.25) is 0 Å². The summed E-state index contributed by atoms with van der Waals surface area (Å²) in [7, 11) is 0. The first-order valence-corrected chi connectivity index (χ1v) is 16.0. The number of carbonyl (C=O) groups is 6. The third kappa shape index (κ3) is 16.7. The van der Waals surface area contributed by atoms with Crippen LogP contribution in [0.3, 0.4) is 0 Å². The second-order valence-corrected chi connectivity index (χ2v) is 11.2. The highest BCUT2D eigenvalue weighted by Gasteiger charge is 2.32. The maximum atomic E-state index is 12.2. The molecule has 2 heterocycles. The molecule has 2 fully saturated rings. The molecule has 2 aliphatic heterocycles. The number of likely N-dealkylation sites (tertiary alicyclic amines) is 2. The van der Waals surface area contributed by atoms with Gasteiger partial charge in [-0.1, -0.05) is 66.2 Å². The van der Waals surface area contributed by atoms with E-state index < -0.39 is 5.91 Å². The minimum absolute atomic E-state index is 0.00554. The summed E-state index contributed by atoms with van der Waals surface area (Å²) >= 11 is 5.12. The molecule has 0 bridgehead atoms. The lowest BCUT2D eigenvalue weighted by Gasteiger charge is -2.25. The van der Waals surface area contributed by atoms with Crippen LogP contribution in [0.15, 0.2) is 0 Å². The van der Waals surface area contributed by atoms with E-state index in [1.54, 1.807) is 9.80 Å². The van der Waals surface area contributed by atoms with E-state index in [-0.39, 0.29) is 47.1 Å². The Bertz CT molecular complexity index is 835. The number of primary amides is 1. The minimum Gasteiger partial charge on any atom is -0.368 e. The van der Waals surface area contributed by atoms with Crippen LogP contribution in [0.25, 0.3) is 0 Å². The maximum Gasteiger partial charge on any atom is 0.240 e. The molecular formula is C31H54ClN3O6. The highest BCUT2D eigenvalue weighted by Crippen LogP contribution is 2.18. The van der Waals surface area contributed by atoms with Gasteiger partial charge in [-0.25, -0.2) is 0 Å². The molecule has 10 heteroatoms. The van der Waals surface area contributed by atoms with Crippen LogP contribution in [0.5, 0.6) is 0 Å². The number of ketones is 2. The van der Waals surface area contributed by atoms with Crippen LogP contribution >= 0.6 is 11.6 Å². The van der Waals surface area contributed by atoms with E-state index in [4.69, 9.17) is 17.3 Å². The first kappa shape index (κ1) is 38.7. The molecule has 2 saturated heterocycles. The van der Waals surface area contributed by atoms with Gasteiger partial charge in [0.05, 0.1) is 12.5 Å². The smallest absolute Gasteiger partial charge is 0.240 e. The van der Waals surface area contributed by atoms with E-state index in [0.29, 0.717) is 51.6 Å². The van der Waals surface area contributed by atoms with E-state index in [9.17, 15) is 28.8 Å². The topological polar surface area (TPSA) is 135 Å². The Morgan fingerprint density at radius 1 is 0.732 bits per heavy atom. The van der Waals surface area contributed by atoms with E-state index >= 15 is 0 Å². The van der Waals surface area contributed by atoms with Crippen LogP contribution in [0.1, 0.15) is 137 Å². The summed E-state index contributed by atoms with van der Waals surface area (Å²) in [6, 6.07) is -0.774.